The first-order valence-corrected chi connectivity index (χ1v) is 12.1. The highest BCUT2D eigenvalue weighted by Crippen LogP contribution is 2.29. The predicted molar refractivity (Wildman–Crippen MR) is 129 cm³/mol. The zero-order valence-electron chi connectivity index (χ0n) is 17.9. The van der Waals surface area contributed by atoms with Gasteiger partial charge in [-0.1, -0.05) is 47.7 Å². The van der Waals surface area contributed by atoms with Gasteiger partial charge in [-0.2, -0.15) is 0 Å². The van der Waals surface area contributed by atoms with E-state index in [1.54, 1.807) is 12.1 Å². The van der Waals surface area contributed by atoms with Crippen LogP contribution in [0.15, 0.2) is 53.0 Å². The summed E-state index contributed by atoms with van der Waals surface area (Å²) in [4.78, 5) is 29.3. The van der Waals surface area contributed by atoms with E-state index in [1.807, 2.05) is 41.3 Å². The van der Waals surface area contributed by atoms with E-state index in [4.69, 9.17) is 0 Å². The molecule has 2 aromatic carbocycles. The summed E-state index contributed by atoms with van der Waals surface area (Å²) in [7, 11) is 0. The number of hydrogen-bond donors (Lipinski definition) is 1. The van der Waals surface area contributed by atoms with Gasteiger partial charge in [0.15, 0.2) is 0 Å². The second-order valence-corrected chi connectivity index (χ2v) is 9.48. The van der Waals surface area contributed by atoms with Crippen molar-refractivity contribution in [3.63, 3.8) is 0 Å². The largest absolute Gasteiger partial charge is 0.368 e. The van der Waals surface area contributed by atoms with Crippen LogP contribution < -0.4 is 10.2 Å². The van der Waals surface area contributed by atoms with Crippen molar-refractivity contribution in [2.75, 3.05) is 36.4 Å². The SMILES string of the molecule is O=C(Nc1ccc(N2CCN(C(=O)CCC3CCCC3)CC2)cc1)c1cccc(Br)c1. The van der Waals surface area contributed by atoms with Crippen molar-refractivity contribution >= 4 is 39.1 Å². The molecule has 0 spiro atoms. The Hall–Kier alpha value is -2.34. The number of carbonyl (C=O) groups excluding carboxylic acids is 2. The second-order valence-electron chi connectivity index (χ2n) is 8.57. The number of nitrogens with one attached hydrogen (secondary N) is 1. The third-order valence-corrected chi connectivity index (χ3v) is 6.94. The molecule has 2 fully saturated rings. The van der Waals surface area contributed by atoms with E-state index >= 15 is 0 Å². The molecule has 6 heteroatoms. The lowest BCUT2D eigenvalue weighted by molar-refractivity contribution is -0.131. The Labute approximate surface area is 192 Å². The lowest BCUT2D eigenvalue weighted by atomic mass is 10.0. The minimum absolute atomic E-state index is 0.126. The Morgan fingerprint density at radius 2 is 1.68 bits per heavy atom. The predicted octanol–water partition coefficient (Wildman–Crippen LogP) is 5.32. The first-order chi connectivity index (χ1) is 15.1. The van der Waals surface area contributed by atoms with Gasteiger partial charge in [0.2, 0.25) is 5.91 Å². The van der Waals surface area contributed by atoms with Crippen LogP contribution in [0.25, 0.3) is 0 Å². The van der Waals surface area contributed by atoms with Crippen molar-refractivity contribution in [3.8, 4) is 0 Å². The van der Waals surface area contributed by atoms with Gasteiger partial charge in [0.05, 0.1) is 0 Å². The van der Waals surface area contributed by atoms with Crippen LogP contribution in [0, 0.1) is 5.92 Å². The average Bonchev–Trinajstić information content (AvgIpc) is 3.32. The van der Waals surface area contributed by atoms with Gasteiger partial charge >= 0.3 is 0 Å². The van der Waals surface area contributed by atoms with Crippen molar-refractivity contribution in [3.05, 3.63) is 58.6 Å². The number of rotatable bonds is 6. The van der Waals surface area contributed by atoms with Crippen LogP contribution in [0.4, 0.5) is 11.4 Å². The monoisotopic (exact) mass is 483 g/mol. The maximum Gasteiger partial charge on any atom is 0.255 e. The van der Waals surface area contributed by atoms with E-state index in [9.17, 15) is 9.59 Å². The molecule has 2 amide bonds. The number of hydrogen-bond acceptors (Lipinski definition) is 3. The Balaban J connectivity index is 1.25. The highest BCUT2D eigenvalue weighted by molar-refractivity contribution is 9.10. The number of piperazine rings is 1. The van der Waals surface area contributed by atoms with Crippen LogP contribution in [0.3, 0.4) is 0 Å². The van der Waals surface area contributed by atoms with Crippen molar-refractivity contribution in [1.82, 2.24) is 4.90 Å². The summed E-state index contributed by atoms with van der Waals surface area (Å²) < 4.78 is 0.881. The summed E-state index contributed by atoms with van der Waals surface area (Å²) in [6, 6.07) is 15.3. The third kappa shape index (κ3) is 5.88. The summed E-state index contributed by atoms with van der Waals surface area (Å²) in [6.07, 6.45) is 7.05. The Morgan fingerprint density at radius 3 is 2.35 bits per heavy atom. The van der Waals surface area contributed by atoms with Crippen LogP contribution in [-0.4, -0.2) is 42.9 Å². The minimum atomic E-state index is -0.126. The Bertz CT molecular complexity index is 901. The molecule has 1 aliphatic heterocycles. The van der Waals surface area contributed by atoms with E-state index in [2.05, 4.69) is 26.1 Å². The molecule has 0 aromatic heterocycles. The van der Waals surface area contributed by atoms with Gasteiger partial charge in [-0.3, -0.25) is 9.59 Å². The molecule has 1 N–H and O–H groups in total. The molecular formula is C25H30BrN3O2. The number of amides is 2. The number of anilines is 2. The standard InChI is InChI=1S/C25H30BrN3O2/c26-21-7-3-6-20(18-21)25(31)27-22-9-11-23(12-10-22)28-14-16-29(17-15-28)24(30)13-8-19-4-1-2-5-19/h3,6-7,9-12,18-19H,1-2,4-5,8,13-17H2,(H,27,31). The number of nitrogens with zero attached hydrogens (tertiary/aromatic N) is 2. The lowest BCUT2D eigenvalue weighted by Gasteiger charge is -2.36. The summed E-state index contributed by atoms with van der Waals surface area (Å²) in [6.45, 7) is 3.26. The highest BCUT2D eigenvalue weighted by Gasteiger charge is 2.23. The fourth-order valence-electron chi connectivity index (χ4n) is 4.59. The fourth-order valence-corrected chi connectivity index (χ4v) is 4.99. The maximum atomic E-state index is 12.5. The molecule has 4 rings (SSSR count). The van der Waals surface area contributed by atoms with Gasteiger partial charge in [-0.05, 0) is 54.8 Å². The lowest BCUT2D eigenvalue weighted by Crippen LogP contribution is -2.48. The van der Waals surface area contributed by atoms with Gasteiger partial charge in [0.1, 0.15) is 0 Å². The van der Waals surface area contributed by atoms with Crippen LogP contribution >= 0.6 is 15.9 Å². The molecule has 31 heavy (non-hydrogen) atoms. The highest BCUT2D eigenvalue weighted by atomic mass is 79.9. The first-order valence-electron chi connectivity index (χ1n) is 11.3. The van der Waals surface area contributed by atoms with Gasteiger partial charge in [-0.15, -0.1) is 0 Å². The molecule has 2 aromatic rings. The van der Waals surface area contributed by atoms with Crippen molar-refractivity contribution in [2.45, 2.75) is 38.5 Å². The smallest absolute Gasteiger partial charge is 0.255 e. The molecule has 0 unspecified atom stereocenters. The Kier molecular flexibility index (Phi) is 7.28. The molecule has 164 valence electrons. The third-order valence-electron chi connectivity index (χ3n) is 6.45. The number of benzene rings is 2. The van der Waals surface area contributed by atoms with Crippen LogP contribution in [-0.2, 0) is 4.79 Å². The normalized spacial score (nSPS) is 17.1. The molecule has 0 atom stereocenters. The van der Waals surface area contributed by atoms with E-state index in [0.29, 0.717) is 17.9 Å². The number of carbonyl (C=O) groups is 2. The first kappa shape index (κ1) is 21.9. The molecular weight excluding hydrogens is 454 g/mol. The van der Waals surface area contributed by atoms with Crippen molar-refractivity contribution < 1.29 is 9.59 Å². The molecule has 0 radical (unpaired) electrons. The minimum Gasteiger partial charge on any atom is -0.368 e. The van der Waals surface area contributed by atoms with E-state index in [-0.39, 0.29) is 5.91 Å². The fraction of sp³-hybridized carbons (Fsp3) is 0.440. The van der Waals surface area contributed by atoms with E-state index < -0.39 is 0 Å². The zero-order chi connectivity index (χ0) is 21.6. The second kappa shape index (κ2) is 10.3. The average molecular weight is 484 g/mol. The van der Waals surface area contributed by atoms with Crippen LogP contribution in [0.1, 0.15) is 48.9 Å². The van der Waals surface area contributed by atoms with Gasteiger partial charge in [-0.25, -0.2) is 0 Å². The molecule has 0 bridgehead atoms. The van der Waals surface area contributed by atoms with Crippen molar-refractivity contribution in [1.29, 1.82) is 0 Å². The molecule has 1 heterocycles. The Morgan fingerprint density at radius 1 is 0.968 bits per heavy atom. The van der Waals surface area contributed by atoms with Gasteiger partial charge in [0.25, 0.3) is 5.91 Å². The summed E-state index contributed by atoms with van der Waals surface area (Å²) in [5, 5.41) is 2.94. The summed E-state index contributed by atoms with van der Waals surface area (Å²) in [5.74, 6) is 0.962. The molecule has 1 saturated heterocycles. The molecule has 1 aliphatic carbocycles. The number of halogens is 1. The quantitative estimate of drug-likeness (QED) is 0.604. The van der Waals surface area contributed by atoms with Gasteiger partial charge < -0.3 is 15.1 Å². The van der Waals surface area contributed by atoms with E-state index in [1.165, 1.54) is 25.7 Å². The molecule has 1 saturated carbocycles. The molecule has 5 nitrogen and oxygen atoms in total. The van der Waals surface area contributed by atoms with Crippen LogP contribution in [0.5, 0.6) is 0 Å². The van der Waals surface area contributed by atoms with Crippen molar-refractivity contribution in [2.24, 2.45) is 5.92 Å². The van der Waals surface area contributed by atoms with Crippen LogP contribution in [0.2, 0.25) is 0 Å². The topological polar surface area (TPSA) is 52.7 Å². The molecule has 2 aliphatic rings. The summed E-state index contributed by atoms with van der Waals surface area (Å²) in [5.41, 5.74) is 2.51. The maximum absolute atomic E-state index is 12.5. The van der Waals surface area contributed by atoms with Gasteiger partial charge in [0, 0.05) is 54.0 Å². The zero-order valence-corrected chi connectivity index (χ0v) is 19.4. The van der Waals surface area contributed by atoms with E-state index in [0.717, 1.165) is 54.4 Å². The summed E-state index contributed by atoms with van der Waals surface area (Å²) >= 11 is 3.40.